The lowest BCUT2D eigenvalue weighted by Gasteiger charge is -2.10. The Bertz CT molecular complexity index is 349. The van der Waals surface area contributed by atoms with Crippen molar-refractivity contribution in [1.29, 1.82) is 0 Å². The van der Waals surface area contributed by atoms with Gasteiger partial charge in [0.05, 0.1) is 25.1 Å². The average molecular weight is 227 g/mol. The fraction of sp³-hybridized carbons (Fsp3) is 0.600. The third-order valence-corrected chi connectivity index (χ3v) is 2.13. The summed E-state index contributed by atoms with van der Waals surface area (Å²) in [4.78, 5) is 0. The molecule has 0 saturated carbocycles. The number of aliphatic hydroxyl groups is 2. The Labute approximate surface area is 94.2 Å². The van der Waals surface area contributed by atoms with Crippen LogP contribution in [0.2, 0.25) is 0 Å². The first-order valence-electron chi connectivity index (χ1n) is 5.09. The lowest BCUT2D eigenvalue weighted by molar-refractivity contribution is 0.0677. The fourth-order valence-electron chi connectivity index (χ4n) is 1.23. The predicted octanol–water partition coefficient (Wildman–Crippen LogP) is -0.0101. The summed E-state index contributed by atoms with van der Waals surface area (Å²) >= 11 is 0. The van der Waals surface area contributed by atoms with Crippen LogP contribution in [0.15, 0.2) is 12.3 Å². The maximum Gasteiger partial charge on any atom is 0.115 e. The lowest BCUT2D eigenvalue weighted by Crippen LogP contribution is -2.22. The number of allylic oxidation sites excluding steroid dienone is 1. The number of hydrogen-bond acceptors (Lipinski definition) is 5. The molecule has 0 radical (unpaired) electrons. The van der Waals surface area contributed by atoms with Crippen LogP contribution in [0.4, 0.5) is 0 Å². The lowest BCUT2D eigenvalue weighted by atomic mass is 10.3. The van der Waals surface area contributed by atoms with Crippen molar-refractivity contribution in [3.8, 4) is 0 Å². The molecule has 6 nitrogen and oxygen atoms in total. The Morgan fingerprint density at radius 3 is 2.88 bits per heavy atom. The van der Waals surface area contributed by atoms with Crippen molar-refractivity contribution >= 4 is 0 Å². The van der Waals surface area contributed by atoms with Crippen LogP contribution >= 0.6 is 0 Å². The smallest absolute Gasteiger partial charge is 0.115 e. The zero-order valence-corrected chi connectivity index (χ0v) is 9.50. The third-order valence-electron chi connectivity index (χ3n) is 2.13. The molecule has 1 rings (SSSR count). The molecule has 1 atom stereocenters. The molecule has 0 aliphatic carbocycles. The van der Waals surface area contributed by atoms with Crippen molar-refractivity contribution in [1.82, 2.24) is 15.0 Å². The maximum absolute atomic E-state index is 9.63. The summed E-state index contributed by atoms with van der Waals surface area (Å²) in [5.74, 6) is 0. The van der Waals surface area contributed by atoms with Gasteiger partial charge in [0.15, 0.2) is 0 Å². The highest BCUT2D eigenvalue weighted by atomic mass is 16.5. The highest BCUT2D eigenvalue weighted by molar-refractivity contribution is 5.06. The van der Waals surface area contributed by atoms with Gasteiger partial charge in [-0.05, 0) is 13.8 Å². The van der Waals surface area contributed by atoms with Crippen LogP contribution in [-0.4, -0.2) is 37.9 Å². The Kier molecular flexibility index (Phi) is 4.94. The number of nitrogens with zero attached hydrogens (tertiary/aromatic N) is 3. The average Bonchev–Trinajstić information content (AvgIpc) is 2.60. The molecule has 1 aromatic rings. The minimum absolute atomic E-state index is 0.142. The molecule has 16 heavy (non-hydrogen) atoms. The molecule has 0 aliphatic heterocycles. The quantitative estimate of drug-likeness (QED) is 0.668. The van der Waals surface area contributed by atoms with Crippen molar-refractivity contribution in [3.63, 3.8) is 0 Å². The molecule has 1 aromatic heterocycles. The topological polar surface area (TPSA) is 80.4 Å². The van der Waals surface area contributed by atoms with Crippen LogP contribution in [0.3, 0.4) is 0 Å². The highest BCUT2D eigenvalue weighted by Crippen LogP contribution is 2.04. The van der Waals surface area contributed by atoms with Gasteiger partial charge in [-0.3, -0.25) is 0 Å². The minimum atomic E-state index is -0.650. The summed E-state index contributed by atoms with van der Waals surface area (Å²) in [5, 5.41) is 26.2. The molecule has 2 N–H and O–H groups in total. The van der Waals surface area contributed by atoms with E-state index in [4.69, 9.17) is 9.84 Å². The molecule has 1 heterocycles. The second kappa shape index (κ2) is 6.24. The van der Waals surface area contributed by atoms with Crippen molar-refractivity contribution in [2.75, 3.05) is 6.61 Å². The SMILES string of the molecule is C/C=C/OCC(O)Cn1nnc(CO)c1C. The van der Waals surface area contributed by atoms with E-state index in [1.165, 1.54) is 6.26 Å². The molecule has 6 heteroatoms. The summed E-state index contributed by atoms with van der Waals surface area (Å²) in [6, 6.07) is 0. The third kappa shape index (κ3) is 3.32. The molecule has 0 aliphatic rings. The first-order chi connectivity index (χ1) is 7.69. The molecule has 0 saturated heterocycles. The summed E-state index contributed by atoms with van der Waals surface area (Å²) in [6.45, 7) is 4.00. The second-order valence-electron chi connectivity index (χ2n) is 3.42. The van der Waals surface area contributed by atoms with Gasteiger partial charge in [-0.2, -0.15) is 0 Å². The van der Waals surface area contributed by atoms with Gasteiger partial charge in [-0.25, -0.2) is 4.68 Å². The molecule has 90 valence electrons. The van der Waals surface area contributed by atoms with Gasteiger partial charge in [-0.15, -0.1) is 5.10 Å². The fourth-order valence-corrected chi connectivity index (χ4v) is 1.23. The Hall–Kier alpha value is -1.40. The van der Waals surface area contributed by atoms with Crippen LogP contribution in [0, 0.1) is 6.92 Å². The Balaban J connectivity index is 2.49. The molecule has 0 bridgehead atoms. The van der Waals surface area contributed by atoms with Crippen LogP contribution in [0.25, 0.3) is 0 Å². The van der Waals surface area contributed by atoms with E-state index in [-0.39, 0.29) is 13.2 Å². The predicted molar refractivity (Wildman–Crippen MR) is 57.5 cm³/mol. The van der Waals surface area contributed by atoms with Gasteiger partial charge in [-0.1, -0.05) is 11.3 Å². The van der Waals surface area contributed by atoms with Gasteiger partial charge in [0.25, 0.3) is 0 Å². The van der Waals surface area contributed by atoms with Crippen LogP contribution < -0.4 is 0 Å². The van der Waals surface area contributed by atoms with Gasteiger partial charge < -0.3 is 14.9 Å². The van der Waals surface area contributed by atoms with Crippen molar-refractivity contribution in [3.05, 3.63) is 23.7 Å². The monoisotopic (exact) mass is 227 g/mol. The molecule has 0 fully saturated rings. The molecular formula is C10H17N3O3. The largest absolute Gasteiger partial charge is 0.499 e. The van der Waals surface area contributed by atoms with E-state index in [9.17, 15) is 5.11 Å². The molecular weight excluding hydrogens is 210 g/mol. The maximum atomic E-state index is 9.63. The van der Waals surface area contributed by atoms with E-state index in [0.717, 1.165) is 5.69 Å². The van der Waals surface area contributed by atoms with E-state index in [2.05, 4.69) is 10.3 Å². The van der Waals surface area contributed by atoms with Crippen molar-refractivity contribution in [2.45, 2.75) is 33.1 Å². The standard InChI is InChI=1S/C10H17N3O3/c1-3-4-16-7-9(15)5-13-8(2)10(6-14)11-12-13/h3-4,9,14-15H,5-7H2,1-2H3/b4-3+. The number of aromatic nitrogens is 3. The van der Waals surface area contributed by atoms with E-state index in [1.807, 2.05) is 6.92 Å². The number of rotatable bonds is 6. The summed E-state index contributed by atoms with van der Waals surface area (Å²) in [6.07, 6.45) is 2.62. The Morgan fingerprint density at radius 2 is 2.31 bits per heavy atom. The van der Waals surface area contributed by atoms with Gasteiger partial charge >= 0.3 is 0 Å². The van der Waals surface area contributed by atoms with Crippen LogP contribution in [0.5, 0.6) is 0 Å². The van der Waals surface area contributed by atoms with Gasteiger partial charge in [0, 0.05) is 0 Å². The van der Waals surface area contributed by atoms with Crippen LogP contribution in [-0.2, 0) is 17.9 Å². The van der Waals surface area contributed by atoms with E-state index < -0.39 is 6.10 Å². The highest BCUT2D eigenvalue weighted by Gasteiger charge is 2.11. The van der Waals surface area contributed by atoms with E-state index in [0.29, 0.717) is 12.2 Å². The number of ether oxygens (including phenoxy) is 1. The van der Waals surface area contributed by atoms with Gasteiger partial charge in [0.1, 0.15) is 18.4 Å². The minimum Gasteiger partial charge on any atom is -0.499 e. The number of aliphatic hydroxyl groups excluding tert-OH is 2. The zero-order chi connectivity index (χ0) is 12.0. The summed E-state index contributed by atoms with van der Waals surface area (Å²) < 4.78 is 6.60. The molecule has 0 amide bonds. The first-order valence-corrected chi connectivity index (χ1v) is 5.09. The molecule has 0 aromatic carbocycles. The van der Waals surface area contributed by atoms with E-state index in [1.54, 1.807) is 17.7 Å². The Morgan fingerprint density at radius 1 is 1.56 bits per heavy atom. The molecule has 0 spiro atoms. The van der Waals surface area contributed by atoms with Crippen molar-refractivity contribution < 1.29 is 14.9 Å². The normalized spacial score (nSPS) is 13.2. The summed E-state index contributed by atoms with van der Waals surface area (Å²) in [7, 11) is 0. The van der Waals surface area contributed by atoms with Crippen molar-refractivity contribution in [2.24, 2.45) is 0 Å². The summed E-state index contributed by atoms with van der Waals surface area (Å²) in [5.41, 5.74) is 1.29. The van der Waals surface area contributed by atoms with Gasteiger partial charge in [0.2, 0.25) is 0 Å². The molecule has 1 unspecified atom stereocenters. The van der Waals surface area contributed by atoms with E-state index >= 15 is 0 Å². The first kappa shape index (κ1) is 12.7. The second-order valence-corrected chi connectivity index (χ2v) is 3.42. The zero-order valence-electron chi connectivity index (χ0n) is 9.50. The van der Waals surface area contributed by atoms with Crippen LogP contribution in [0.1, 0.15) is 18.3 Å². The number of hydrogen-bond donors (Lipinski definition) is 2.